The molecule has 0 aliphatic carbocycles. The Morgan fingerprint density at radius 1 is 1.00 bits per heavy atom. The molecule has 0 radical (unpaired) electrons. The number of primary amides is 1. The minimum atomic E-state index is -4.77. The largest absolute Gasteiger partial charge is 0.573 e. The summed E-state index contributed by atoms with van der Waals surface area (Å²) in [6.07, 6.45) is -1.97. The molecule has 27 heavy (non-hydrogen) atoms. The van der Waals surface area contributed by atoms with E-state index >= 15 is 0 Å². The van der Waals surface area contributed by atoms with Gasteiger partial charge in [-0.2, -0.15) is 0 Å². The standard InChI is InChI=1S/C18H15F3N2O4/c19-18(20,21)27-15-8-4-13(5-9-15)23-17(25)10-3-12-1-6-14(7-2-12)26-11-16(22)24/h1-10H,11H2,(H2,22,24)(H,23,25)/b10-3+. The van der Waals surface area contributed by atoms with Crippen LogP contribution in [-0.2, 0) is 9.59 Å². The van der Waals surface area contributed by atoms with Crippen molar-refractivity contribution in [3.8, 4) is 11.5 Å². The van der Waals surface area contributed by atoms with Gasteiger partial charge in [0, 0.05) is 11.8 Å². The fourth-order valence-electron chi connectivity index (χ4n) is 1.93. The second kappa shape index (κ2) is 8.75. The Kier molecular flexibility index (Phi) is 6.42. The van der Waals surface area contributed by atoms with E-state index in [-0.39, 0.29) is 12.4 Å². The average molecular weight is 380 g/mol. The molecular weight excluding hydrogens is 365 g/mol. The molecule has 0 aliphatic heterocycles. The number of anilines is 1. The summed E-state index contributed by atoms with van der Waals surface area (Å²) in [7, 11) is 0. The zero-order valence-electron chi connectivity index (χ0n) is 13.8. The Hall–Kier alpha value is -3.49. The summed E-state index contributed by atoms with van der Waals surface area (Å²) < 4.78 is 45.1. The summed E-state index contributed by atoms with van der Waals surface area (Å²) in [5.41, 5.74) is 5.99. The van der Waals surface area contributed by atoms with Crippen molar-refractivity contribution >= 4 is 23.6 Å². The molecule has 9 heteroatoms. The van der Waals surface area contributed by atoms with Crippen molar-refractivity contribution in [2.24, 2.45) is 5.73 Å². The Balaban J connectivity index is 1.88. The zero-order chi connectivity index (χ0) is 19.9. The molecule has 0 saturated heterocycles. The van der Waals surface area contributed by atoms with Crippen LogP contribution < -0.4 is 20.5 Å². The van der Waals surface area contributed by atoms with Gasteiger partial charge in [0.25, 0.3) is 5.91 Å². The normalized spacial score (nSPS) is 11.2. The van der Waals surface area contributed by atoms with E-state index in [0.717, 1.165) is 12.1 Å². The van der Waals surface area contributed by atoms with Gasteiger partial charge in [0.2, 0.25) is 5.91 Å². The number of halogens is 3. The maximum Gasteiger partial charge on any atom is 0.573 e. The second-order valence-corrected chi connectivity index (χ2v) is 5.22. The van der Waals surface area contributed by atoms with Crippen molar-refractivity contribution in [3.63, 3.8) is 0 Å². The fourth-order valence-corrected chi connectivity index (χ4v) is 1.93. The van der Waals surface area contributed by atoms with Gasteiger partial charge in [-0.15, -0.1) is 13.2 Å². The summed E-state index contributed by atoms with van der Waals surface area (Å²) in [6, 6.07) is 11.3. The number of ether oxygens (including phenoxy) is 2. The lowest BCUT2D eigenvalue weighted by atomic mass is 10.2. The summed E-state index contributed by atoms with van der Waals surface area (Å²) in [5.74, 6) is -0.978. The van der Waals surface area contributed by atoms with E-state index in [4.69, 9.17) is 10.5 Å². The highest BCUT2D eigenvalue weighted by Gasteiger charge is 2.30. The molecule has 6 nitrogen and oxygen atoms in total. The Morgan fingerprint density at radius 2 is 1.59 bits per heavy atom. The highest BCUT2D eigenvalue weighted by molar-refractivity contribution is 6.01. The van der Waals surface area contributed by atoms with Crippen molar-refractivity contribution in [3.05, 3.63) is 60.2 Å². The van der Waals surface area contributed by atoms with Gasteiger partial charge in [-0.25, -0.2) is 0 Å². The van der Waals surface area contributed by atoms with Gasteiger partial charge >= 0.3 is 6.36 Å². The lowest BCUT2D eigenvalue weighted by Gasteiger charge is -2.09. The van der Waals surface area contributed by atoms with Crippen LogP contribution in [0, 0.1) is 0 Å². The molecule has 2 rings (SSSR count). The molecule has 0 heterocycles. The molecule has 0 unspecified atom stereocenters. The van der Waals surface area contributed by atoms with Crippen LogP contribution in [0.2, 0.25) is 0 Å². The number of amides is 2. The van der Waals surface area contributed by atoms with E-state index in [9.17, 15) is 22.8 Å². The summed E-state index contributed by atoms with van der Waals surface area (Å²) in [5, 5.41) is 2.51. The highest BCUT2D eigenvalue weighted by Crippen LogP contribution is 2.24. The van der Waals surface area contributed by atoms with Crippen LogP contribution in [0.1, 0.15) is 5.56 Å². The number of alkyl halides is 3. The number of nitrogens with two attached hydrogens (primary N) is 1. The highest BCUT2D eigenvalue weighted by atomic mass is 19.4. The lowest BCUT2D eigenvalue weighted by Crippen LogP contribution is -2.19. The molecule has 2 amide bonds. The summed E-state index contributed by atoms with van der Waals surface area (Å²) >= 11 is 0. The van der Waals surface area contributed by atoms with Crippen molar-refractivity contribution in [1.82, 2.24) is 0 Å². The van der Waals surface area contributed by atoms with Gasteiger partial charge in [-0.3, -0.25) is 9.59 Å². The molecule has 2 aromatic carbocycles. The van der Waals surface area contributed by atoms with E-state index < -0.39 is 18.2 Å². The number of benzene rings is 2. The minimum Gasteiger partial charge on any atom is -0.484 e. The quantitative estimate of drug-likeness (QED) is 0.722. The zero-order valence-corrected chi connectivity index (χ0v) is 13.8. The van der Waals surface area contributed by atoms with Gasteiger partial charge in [-0.05, 0) is 48.0 Å². The topological polar surface area (TPSA) is 90.7 Å². The smallest absolute Gasteiger partial charge is 0.484 e. The van der Waals surface area contributed by atoms with Gasteiger partial charge in [-0.1, -0.05) is 12.1 Å². The number of nitrogens with one attached hydrogen (secondary N) is 1. The first-order valence-corrected chi connectivity index (χ1v) is 7.57. The van der Waals surface area contributed by atoms with Crippen molar-refractivity contribution in [2.45, 2.75) is 6.36 Å². The second-order valence-electron chi connectivity index (χ2n) is 5.22. The Labute approximate surface area is 152 Å². The van der Waals surface area contributed by atoms with Crippen molar-refractivity contribution < 1.29 is 32.2 Å². The molecule has 0 aromatic heterocycles. The molecule has 142 valence electrons. The van der Waals surface area contributed by atoms with Crippen molar-refractivity contribution in [2.75, 3.05) is 11.9 Å². The van der Waals surface area contributed by atoms with Crippen LogP contribution in [0.5, 0.6) is 11.5 Å². The maximum atomic E-state index is 12.1. The first-order chi connectivity index (χ1) is 12.7. The predicted octanol–water partition coefficient (Wildman–Crippen LogP) is 3.10. The molecule has 3 N–H and O–H groups in total. The Morgan fingerprint density at radius 3 is 2.15 bits per heavy atom. The van der Waals surface area contributed by atoms with Gasteiger partial charge in [0.15, 0.2) is 6.61 Å². The van der Waals surface area contributed by atoms with Crippen LogP contribution >= 0.6 is 0 Å². The molecule has 2 aromatic rings. The molecule has 0 aliphatic rings. The number of hydrogen-bond donors (Lipinski definition) is 2. The number of carbonyl (C=O) groups excluding carboxylic acids is 2. The number of rotatable bonds is 7. The van der Waals surface area contributed by atoms with Gasteiger partial charge < -0.3 is 20.5 Å². The van der Waals surface area contributed by atoms with Crippen LogP contribution in [-0.4, -0.2) is 24.8 Å². The van der Waals surface area contributed by atoms with Crippen LogP contribution in [0.4, 0.5) is 18.9 Å². The summed E-state index contributed by atoms with van der Waals surface area (Å²) in [6.45, 7) is -0.232. The van der Waals surface area contributed by atoms with E-state index in [1.807, 2.05) is 0 Å². The molecule has 0 bridgehead atoms. The van der Waals surface area contributed by atoms with E-state index in [1.165, 1.54) is 24.3 Å². The lowest BCUT2D eigenvalue weighted by molar-refractivity contribution is -0.274. The average Bonchev–Trinajstić information content (AvgIpc) is 2.59. The SMILES string of the molecule is NC(=O)COc1ccc(/C=C/C(=O)Nc2ccc(OC(F)(F)F)cc2)cc1. The Bertz CT molecular complexity index is 816. The fraction of sp³-hybridized carbons (Fsp3) is 0.111. The van der Waals surface area contributed by atoms with Crippen molar-refractivity contribution in [1.29, 1.82) is 0 Å². The number of carbonyl (C=O) groups is 2. The van der Waals surface area contributed by atoms with E-state index in [1.54, 1.807) is 24.3 Å². The molecular formula is C18H15F3N2O4. The van der Waals surface area contributed by atoms with Crippen LogP contribution in [0.25, 0.3) is 6.08 Å². The van der Waals surface area contributed by atoms with Gasteiger partial charge in [0.05, 0.1) is 0 Å². The summed E-state index contributed by atoms with van der Waals surface area (Å²) in [4.78, 5) is 22.5. The van der Waals surface area contributed by atoms with E-state index in [2.05, 4.69) is 10.1 Å². The minimum absolute atomic E-state index is 0.232. The third-order valence-electron chi connectivity index (χ3n) is 3.04. The molecule has 0 spiro atoms. The van der Waals surface area contributed by atoms with Gasteiger partial charge in [0.1, 0.15) is 11.5 Å². The molecule has 0 fully saturated rings. The number of hydrogen-bond acceptors (Lipinski definition) is 4. The predicted molar refractivity (Wildman–Crippen MR) is 91.9 cm³/mol. The van der Waals surface area contributed by atoms with E-state index in [0.29, 0.717) is 17.0 Å². The molecule has 0 saturated carbocycles. The first-order valence-electron chi connectivity index (χ1n) is 7.57. The third kappa shape index (κ3) is 7.51. The van der Waals surface area contributed by atoms with Crippen LogP contribution in [0.15, 0.2) is 54.6 Å². The van der Waals surface area contributed by atoms with Crippen LogP contribution in [0.3, 0.4) is 0 Å². The third-order valence-corrected chi connectivity index (χ3v) is 3.04. The molecule has 0 atom stereocenters. The maximum absolute atomic E-state index is 12.1. The first kappa shape index (κ1) is 19.8. The monoisotopic (exact) mass is 380 g/mol.